The molecule has 0 heterocycles. The van der Waals surface area contributed by atoms with Gasteiger partial charge in [0, 0.05) is 25.7 Å². The lowest BCUT2D eigenvalue weighted by molar-refractivity contribution is -0.384. The third-order valence-corrected chi connectivity index (χ3v) is 6.97. The maximum Gasteiger partial charge on any atom is 0.271 e. The van der Waals surface area contributed by atoms with Gasteiger partial charge in [-0.2, -0.15) is 0 Å². The van der Waals surface area contributed by atoms with Gasteiger partial charge in [-0.3, -0.25) is 24.0 Å². The lowest BCUT2D eigenvalue weighted by atomic mass is 10.1. The molecule has 0 spiro atoms. The van der Waals surface area contributed by atoms with Crippen LogP contribution in [0.4, 0.5) is 11.4 Å². The third kappa shape index (κ3) is 6.58. The molecule has 0 saturated heterocycles. The number of hydrogen-bond acceptors (Lipinski definition) is 6. The molecule has 0 aliphatic heterocycles. The lowest BCUT2D eigenvalue weighted by Crippen LogP contribution is -2.50. The quantitative estimate of drug-likeness (QED) is 0.391. The molecule has 2 rings (SSSR count). The van der Waals surface area contributed by atoms with Crippen molar-refractivity contribution in [1.82, 2.24) is 10.2 Å². The number of nitrogens with one attached hydrogen (secondary N) is 1. The van der Waals surface area contributed by atoms with Crippen molar-refractivity contribution in [3.05, 3.63) is 67.7 Å². The molecule has 2 aromatic carbocycles. The molecule has 34 heavy (non-hydrogen) atoms. The summed E-state index contributed by atoms with van der Waals surface area (Å²) in [5.74, 6) is -1.16. The number of sulfonamides is 1. The van der Waals surface area contributed by atoms with Gasteiger partial charge in [-0.1, -0.05) is 35.3 Å². The Morgan fingerprint density at radius 3 is 2.32 bits per heavy atom. The SMILES string of the molecule is CNC(=O)C(C)N(Cc1ccc(Cl)c(Cl)c1)C(=O)CN(c1cc([N+](=O)[O-])ccc1C)S(C)(=O)=O. The van der Waals surface area contributed by atoms with Crippen molar-refractivity contribution < 1.29 is 22.9 Å². The molecule has 10 nitrogen and oxygen atoms in total. The summed E-state index contributed by atoms with van der Waals surface area (Å²) in [4.78, 5) is 37.5. The number of anilines is 1. The summed E-state index contributed by atoms with van der Waals surface area (Å²) in [5.41, 5.74) is 0.648. The van der Waals surface area contributed by atoms with Crippen LogP contribution in [0.5, 0.6) is 0 Å². The monoisotopic (exact) mass is 530 g/mol. The molecule has 184 valence electrons. The minimum absolute atomic E-state index is 0.00728. The number of nitrogens with zero attached hydrogens (tertiary/aromatic N) is 3. The van der Waals surface area contributed by atoms with Gasteiger partial charge < -0.3 is 10.2 Å². The number of rotatable bonds is 9. The van der Waals surface area contributed by atoms with Crippen LogP contribution in [0.3, 0.4) is 0 Å². The van der Waals surface area contributed by atoms with E-state index in [4.69, 9.17) is 23.2 Å². The number of benzene rings is 2. The second kappa shape index (κ2) is 11.0. The summed E-state index contributed by atoms with van der Waals surface area (Å²) >= 11 is 12.0. The van der Waals surface area contributed by atoms with Gasteiger partial charge in [0.2, 0.25) is 21.8 Å². The number of halogens is 2. The van der Waals surface area contributed by atoms with Gasteiger partial charge in [0.1, 0.15) is 12.6 Å². The Morgan fingerprint density at radius 1 is 1.15 bits per heavy atom. The number of nitro groups is 1. The van der Waals surface area contributed by atoms with E-state index in [1.165, 1.54) is 31.0 Å². The zero-order chi connectivity index (χ0) is 25.8. The zero-order valence-electron chi connectivity index (χ0n) is 18.9. The first-order valence-electron chi connectivity index (χ1n) is 9.94. The molecule has 0 bridgehead atoms. The van der Waals surface area contributed by atoms with Crippen LogP contribution in [0.15, 0.2) is 36.4 Å². The second-order valence-electron chi connectivity index (χ2n) is 7.56. The Hall–Kier alpha value is -2.89. The Labute approximate surface area is 207 Å². The average Bonchev–Trinajstić information content (AvgIpc) is 2.76. The normalized spacial score (nSPS) is 12.1. The molecule has 0 saturated carbocycles. The molecule has 1 atom stereocenters. The molecular formula is C21H24Cl2N4O6S. The highest BCUT2D eigenvalue weighted by Gasteiger charge is 2.31. The molecule has 1 unspecified atom stereocenters. The van der Waals surface area contributed by atoms with E-state index >= 15 is 0 Å². The number of carbonyl (C=O) groups excluding carboxylic acids is 2. The van der Waals surface area contributed by atoms with Crippen molar-refractivity contribution in [2.24, 2.45) is 0 Å². The first kappa shape index (κ1) is 27.4. The molecule has 2 aromatic rings. The van der Waals surface area contributed by atoms with E-state index in [1.807, 2.05) is 0 Å². The molecule has 0 aliphatic carbocycles. The highest BCUT2D eigenvalue weighted by atomic mass is 35.5. The first-order chi connectivity index (χ1) is 15.8. The fraction of sp³-hybridized carbons (Fsp3) is 0.333. The van der Waals surface area contributed by atoms with Crippen LogP contribution < -0.4 is 9.62 Å². The second-order valence-corrected chi connectivity index (χ2v) is 10.3. The van der Waals surface area contributed by atoms with E-state index in [9.17, 15) is 28.1 Å². The van der Waals surface area contributed by atoms with Gasteiger partial charge in [-0.05, 0) is 37.1 Å². The molecule has 0 fully saturated rings. The lowest BCUT2D eigenvalue weighted by Gasteiger charge is -2.31. The summed E-state index contributed by atoms with van der Waals surface area (Å²) in [6.07, 6.45) is 0.893. The summed E-state index contributed by atoms with van der Waals surface area (Å²) in [6, 6.07) is 7.49. The van der Waals surface area contributed by atoms with Crippen molar-refractivity contribution >= 4 is 56.4 Å². The third-order valence-electron chi connectivity index (χ3n) is 5.10. The molecule has 2 amide bonds. The van der Waals surface area contributed by atoms with Gasteiger partial charge in [0.15, 0.2) is 0 Å². The van der Waals surface area contributed by atoms with Crippen LogP contribution in [-0.2, 0) is 26.2 Å². The minimum Gasteiger partial charge on any atom is -0.357 e. The predicted octanol–water partition coefficient (Wildman–Crippen LogP) is 3.14. The van der Waals surface area contributed by atoms with Gasteiger partial charge >= 0.3 is 0 Å². The highest BCUT2D eigenvalue weighted by Crippen LogP contribution is 2.28. The fourth-order valence-corrected chi connectivity index (χ4v) is 4.42. The Balaban J connectivity index is 2.49. The number of likely N-dealkylation sites (N-methyl/N-ethyl adjacent to an activating group) is 1. The van der Waals surface area contributed by atoms with E-state index < -0.39 is 39.3 Å². The number of nitro benzene ring substituents is 1. The molecule has 0 aromatic heterocycles. The van der Waals surface area contributed by atoms with Crippen molar-refractivity contribution in [2.75, 3.05) is 24.2 Å². The summed E-state index contributed by atoms with van der Waals surface area (Å²) in [5, 5.41) is 14.2. The van der Waals surface area contributed by atoms with Crippen LogP contribution in [0.1, 0.15) is 18.1 Å². The number of non-ortho nitro benzene ring substituents is 1. The van der Waals surface area contributed by atoms with Gasteiger partial charge in [-0.15, -0.1) is 0 Å². The molecule has 13 heteroatoms. The van der Waals surface area contributed by atoms with Crippen LogP contribution in [0, 0.1) is 17.0 Å². The van der Waals surface area contributed by atoms with Crippen molar-refractivity contribution in [3.63, 3.8) is 0 Å². The predicted molar refractivity (Wildman–Crippen MR) is 131 cm³/mol. The molecular weight excluding hydrogens is 507 g/mol. The Kier molecular flexibility index (Phi) is 8.87. The topological polar surface area (TPSA) is 130 Å². The van der Waals surface area contributed by atoms with E-state index in [0.29, 0.717) is 16.1 Å². The van der Waals surface area contributed by atoms with Gasteiger partial charge in [0.25, 0.3) is 5.69 Å². The smallest absolute Gasteiger partial charge is 0.271 e. The highest BCUT2D eigenvalue weighted by molar-refractivity contribution is 7.92. The number of hydrogen-bond donors (Lipinski definition) is 1. The minimum atomic E-state index is -4.02. The van der Waals surface area contributed by atoms with E-state index in [-0.39, 0.29) is 22.9 Å². The maximum atomic E-state index is 13.4. The number of aryl methyl sites for hydroxylation is 1. The first-order valence-corrected chi connectivity index (χ1v) is 12.5. The molecule has 0 aliphatic rings. The number of carbonyl (C=O) groups is 2. The van der Waals surface area contributed by atoms with Crippen LogP contribution in [0.2, 0.25) is 10.0 Å². The van der Waals surface area contributed by atoms with Gasteiger partial charge in [0.05, 0.1) is 26.9 Å². The van der Waals surface area contributed by atoms with Crippen LogP contribution in [-0.4, -0.2) is 55.9 Å². The summed E-state index contributed by atoms with van der Waals surface area (Å²) < 4.78 is 26.0. The largest absolute Gasteiger partial charge is 0.357 e. The maximum absolute atomic E-state index is 13.4. The summed E-state index contributed by atoms with van der Waals surface area (Å²) in [6.45, 7) is 2.33. The summed E-state index contributed by atoms with van der Waals surface area (Å²) in [7, 11) is -2.61. The van der Waals surface area contributed by atoms with Crippen LogP contribution >= 0.6 is 23.2 Å². The Morgan fingerprint density at radius 2 is 1.79 bits per heavy atom. The van der Waals surface area contributed by atoms with Crippen molar-refractivity contribution in [2.45, 2.75) is 26.4 Å². The van der Waals surface area contributed by atoms with Crippen molar-refractivity contribution in [3.8, 4) is 0 Å². The standard InChI is InChI=1S/C21H24Cl2N4O6S/c1-13-5-7-16(27(30)31)10-19(13)26(34(4,32)33)12-20(28)25(14(2)21(29)24-3)11-15-6-8-17(22)18(23)9-15/h5-10,14H,11-12H2,1-4H3,(H,24,29). The van der Waals surface area contributed by atoms with Crippen molar-refractivity contribution in [1.29, 1.82) is 0 Å². The number of amides is 2. The van der Waals surface area contributed by atoms with Gasteiger partial charge in [-0.25, -0.2) is 8.42 Å². The van der Waals surface area contributed by atoms with E-state index in [2.05, 4.69) is 5.32 Å². The van der Waals surface area contributed by atoms with Crippen LogP contribution in [0.25, 0.3) is 0 Å². The van der Waals surface area contributed by atoms with E-state index in [1.54, 1.807) is 25.1 Å². The van der Waals surface area contributed by atoms with E-state index in [0.717, 1.165) is 16.6 Å². The average molecular weight is 531 g/mol. The fourth-order valence-electron chi connectivity index (χ4n) is 3.20. The Bertz CT molecular complexity index is 1220. The molecule has 0 radical (unpaired) electrons. The zero-order valence-corrected chi connectivity index (χ0v) is 21.2. The molecule has 1 N–H and O–H groups in total.